The molecule has 0 saturated heterocycles. The fourth-order valence-electron chi connectivity index (χ4n) is 2.00. The van der Waals surface area contributed by atoms with Crippen molar-refractivity contribution in [2.24, 2.45) is 0 Å². The van der Waals surface area contributed by atoms with Crippen molar-refractivity contribution in [3.8, 4) is 11.5 Å². The van der Waals surface area contributed by atoms with Crippen molar-refractivity contribution in [2.45, 2.75) is 18.4 Å². The van der Waals surface area contributed by atoms with E-state index in [9.17, 15) is 24.6 Å². The molecule has 0 aliphatic rings. The second-order valence-electron chi connectivity index (χ2n) is 5.26. The van der Waals surface area contributed by atoms with Crippen molar-refractivity contribution in [3.63, 3.8) is 0 Å². The summed E-state index contributed by atoms with van der Waals surface area (Å²) >= 11 is 0. The van der Waals surface area contributed by atoms with Gasteiger partial charge in [-0.15, -0.1) is 0 Å². The standard InChI is InChI=1S/C18H16O7/c19-15(24-13-7-3-1-4-8-13)11-18(23,17(21)22)12-16(20)25-14-9-5-2-6-10-14/h1-10,23H,11-12H2,(H,21,22). The first kappa shape index (κ1) is 18.2. The van der Waals surface area contributed by atoms with E-state index in [1.165, 1.54) is 24.3 Å². The number of carboxylic acids is 1. The predicted molar refractivity (Wildman–Crippen MR) is 86.0 cm³/mol. The molecule has 7 heteroatoms. The highest BCUT2D eigenvalue weighted by molar-refractivity contribution is 5.89. The lowest BCUT2D eigenvalue weighted by Gasteiger charge is -2.21. The number of rotatable bonds is 7. The molecule has 2 N–H and O–H groups in total. The Morgan fingerprint density at radius 1 is 0.760 bits per heavy atom. The topological polar surface area (TPSA) is 110 Å². The molecule has 0 fully saturated rings. The summed E-state index contributed by atoms with van der Waals surface area (Å²) in [4.78, 5) is 35.1. The van der Waals surface area contributed by atoms with Crippen LogP contribution in [-0.2, 0) is 14.4 Å². The van der Waals surface area contributed by atoms with Gasteiger partial charge in [0, 0.05) is 0 Å². The summed E-state index contributed by atoms with van der Waals surface area (Å²) in [5.74, 6) is -3.28. The minimum Gasteiger partial charge on any atom is -0.479 e. The van der Waals surface area contributed by atoms with Gasteiger partial charge >= 0.3 is 17.9 Å². The summed E-state index contributed by atoms with van der Waals surface area (Å²) in [6, 6.07) is 15.9. The Morgan fingerprint density at radius 3 is 1.44 bits per heavy atom. The fourth-order valence-corrected chi connectivity index (χ4v) is 2.00. The highest BCUT2D eigenvalue weighted by Gasteiger charge is 2.42. The van der Waals surface area contributed by atoms with Crippen LogP contribution in [0.15, 0.2) is 60.7 Å². The summed E-state index contributed by atoms with van der Waals surface area (Å²) in [6.07, 6.45) is -1.80. The van der Waals surface area contributed by atoms with Crippen LogP contribution in [0.4, 0.5) is 0 Å². The molecule has 0 atom stereocenters. The maximum atomic E-state index is 11.9. The van der Waals surface area contributed by atoms with Gasteiger partial charge in [-0.3, -0.25) is 9.59 Å². The van der Waals surface area contributed by atoms with Crippen LogP contribution < -0.4 is 9.47 Å². The van der Waals surface area contributed by atoms with E-state index in [0.29, 0.717) is 0 Å². The molecule has 0 amide bonds. The summed E-state index contributed by atoms with van der Waals surface area (Å²) in [5, 5.41) is 19.4. The van der Waals surface area contributed by atoms with Crippen LogP contribution in [0.5, 0.6) is 11.5 Å². The molecule has 130 valence electrons. The maximum Gasteiger partial charge on any atom is 0.336 e. The summed E-state index contributed by atoms with van der Waals surface area (Å²) in [5.41, 5.74) is -2.63. The molecule has 0 bridgehead atoms. The first-order valence-corrected chi connectivity index (χ1v) is 7.36. The number of benzene rings is 2. The number of aliphatic hydroxyl groups is 1. The molecule has 0 spiro atoms. The first-order chi connectivity index (χ1) is 11.9. The van der Waals surface area contributed by atoms with Gasteiger partial charge in [-0.25, -0.2) is 4.79 Å². The van der Waals surface area contributed by atoms with Gasteiger partial charge in [-0.05, 0) is 24.3 Å². The van der Waals surface area contributed by atoms with Gasteiger partial charge in [0.25, 0.3) is 0 Å². The Bertz CT molecular complexity index is 685. The Hall–Kier alpha value is -3.19. The van der Waals surface area contributed by atoms with E-state index in [1.54, 1.807) is 36.4 Å². The fraction of sp³-hybridized carbons (Fsp3) is 0.167. The molecule has 0 aliphatic heterocycles. The first-order valence-electron chi connectivity index (χ1n) is 7.36. The summed E-state index contributed by atoms with van der Waals surface area (Å²) in [7, 11) is 0. The third-order valence-corrected chi connectivity index (χ3v) is 3.22. The molecule has 2 aromatic rings. The minimum absolute atomic E-state index is 0.201. The van der Waals surface area contributed by atoms with Gasteiger partial charge in [0.05, 0.1) is 12.8 Å². The zero-order chi connectivity index (χ0) is 18.3. The molecular weight excluding hydrogens is 328 g/mol. The van der Waals surface area contributed by atoms with Crippen molar-refractivity contribution in [1.29, 1.82) is 0 Å². The zero-order valence-corrected chi connectivity index (χ0v) is 13.1. The van der Waals surface area contributed by atoms with Gasteiger partial charge in [0.1, 0.15) is 11.5 Å². The van der Waals surface area contributed by atoms with Crippen LogP contribution in [0.1, 0.15) is 12.8 Å². The number of hydrogen-bond acceptors (Lipinski definition) is 6. The van der Waals surface area contributed by atoms with E-state index in [2.05, 4.69) is 0 Å². The zero-order valence-electron chi connectivity index (χ0n) is 13.1. The van der Waals surface area contributed by atoms with Gasteiger partial charge in [-0.1, -0.05) is 36.4 Å². The SMILES string of the molecule is O=C(CC(O)(CC(=O)Oc1ccccc1)C(=O)O)Oc1ccccc1. The summed E-state index contributed by atoms with van der Waals surface area (Å²) < 4.78 is 9.89. The molecule has 7 nitrogen and oxygen atoms in total. The van der Waals surface area contributed by atoms with Crippen LogP contribution >= 0.6 is 0 Å². The van der Waals surface area contributed by atoms with Crippen molar-refractivity contribution >= 4 is 17.9 Å². The van der Waals surface area contributed by atoms with E-state index in [1.807, 2.05) is 0 Å². The van der Waals surface area contributed by atoms with Crippen LogP contribution in [0.3, 0.4) is 0 Å². The van der Waals surface area contributed by atoms with E-state index >= 15 is 0 Å². The number of para-hydroxylation sites is 2. The third-order valence-electron chi connectivity index (χ3n) is 3.22. The monoisotopic (exact) mass is 344 g/mol. The Labute approximate surface area is 143 Å². The van der Waals surface area contributed by atoms with Crippen LogP contribution in [0.2, 0.25) is 0 Å². The van der Waals surface area contributed by atoms with Crippen LogP contribution in [0, 0.1) is 0 Å². The number of aliphatic carboxylic acids is 1. The molecule has 2 aromatic carbocycles. The lowest BCUT2D eigenvalue weighted by molar-refractivity contribution is -0.169. The van der Waals surface area contributed by atoms with Crippen LogP contribution in [-0.4, -0.2) is 33.7 Å². The Kier molecular flexibility index (Phi) is 5.86. The predicted octanol–water partition coefficient (Wildman–Crippen LogP) is 1.79. The van der Waals surface area contributed by atoms with Crippen molar-refractivity contribution < 1.29 is 34.1 Å². The van der Waals surface area contributed by atoms with E-state index in [4.69, 9.17) is 9.47 Å². The van der Waals surface area contributed by atoms with E-state index in [0.717, 1.165) is 0 Å². The molecule has 0 radical (unpaired) electrons. The lowest BCUT2D eigenvalue weighted by atomic mass is 9.96. The largest absolute Gasteiger partial charge is 0.479 e. The Morgan fingerprint density at radius 2 is 1.12 bits per heavy atom. The van der Waals surface area contributed by atoms with Gasteiger partial charge in [-0.2, -0.15) is 0 Å². The number of carbonyl (C=O) groups excluding carboxylic acids is 2. The molecule has 25 heavy (non-hydrogen) atoms. The number of esters is 2. The van der Waals surface area contributed by atoms with Crippen LogP contribution in [0.25, 0.3) is 0 Å². The maximum absolute atomic E-state index is 11.9. The molecular formula is C18H16O7. The van der Waals surface area contributed by atoms with Gasteiger partial charge in [0.2, 0.25) is 0 Å². The average molecular weight is 344 g/mol. The number of ether oxygens (including phenoxy) is 2. The van der Waals surface area contributed by atoms with E-state index < -0.39 is 36.4 Å². The van der Waals surface area contributed by atoms with Crippen molar-refractivity contribution in [1.82, 2.24) is 0 Å². The Balaban J connectivity index is 2.00. The molecule has 0 saturated carbocycles. The second-order valence-corrected chi connectivity index (χ2v) is 5.26. The van der Waals surface area contributed by atoms with Gasteiger partial charge in [0.15, 0.2) is 5.60 Å². The molecule has 0 aliphatic carbocycles. The third kappa shape index (κ3) is 5.43. The summed E-state index contributed by atoms with van der Waals surface area (Å²) in [6.45, 7) is 0. The van der Waals surface area contributed by atoms with Crippen molar-refractivity contribution in [2.75, 3.05) is 0 Å². The normalized spacial score (nSPS) is 10.8. The highest BCUT2D eigenvalue weighted by atomic mass is 16.5. The molecule has 2 rings (SSSR count). The molecule has 0 heterocycles. The second kappa shape index (κ2) is 8.07. The number of carboxylic acid groups (broad SMARTS) is 1. The number of hydrogen-bond donors (Lipinski definition) is 2. The molecule has 0 unspecified atom stereocenters. The van der Waals surface area contributed by atoms with Crippen molar-refractivity contribution in [3.05, 3.63) is 60.7 Å². The van der Waals surface area contributed by atoms with Gasteiger partial charge < -0.3 is 19.7 Å². The average Bonchev–Trinajstić information content (AvgIpc) is 2.56. The lowest BCUT2D eigenvalue weighted by Crippen LogP contribution is -2.44. The highest BCUT2D eigenvalue weighted by Crippen LogP contribution is 2.20. The quantitative estimate of drug-likeness (QED) is 0.582. The molecule has 0 aromatic heterocycles. The number of carbonyl (C=O) groups is 3. The van der Waals surface area contributed by atoms with E-state index in [-0.39, 0.29) is 11.5 Å². The smallest absolute Gasteiger partial charge is 0.336 e. The minimum atomic E-state index is -2.63.